The predicted octanol–water partition coefficient (Wildman–Crippen LogP) is 3.14. The van der Waals surface area contributed by atoms with Gasteiger partial charge in [0.1, 0.15) is 0 Å². The number of anilines is 1. The average molecular weight is 274 g/mol. The Balaban J connectivity index is 1.78. The van der Waals surface area contributed by atoms with Crippen molar-refractivity contribution in [1.82, 2.24) is 5.32 Å². The normalized spacial score (nSPS) is 26.2. The minimum Gasteiger partial charge on any atom is -0.399 e. The summed E-state index contributed by atoms with van der Waals surface area (Å²) in [6.45, 7) is 4.56. The SMILES string of the molecule is CC1CC(C)CC(NC(=O)CCc2cccc(N)c2)C1. The summed E-state index contributed by atoms with van der Waals surface area (Å²) < 4.78 is 0. The van der Waals surface area contributed by atoms with E-state index in [2.05, 4.69) is 19.2 Å². The molecule has 2 atom stereocenters. The van der Waals surface area contributed by atoms with Crippen molar-refractivity contribution in [2.75, 3.05) is 5.73 Å². The van der Waals surface area contributed by atoms with Crippen molar-refractivity contribution >= 4 is 11.6 Å². The Kier molecular flexibility index (Phi) is 5.05. The third-order valence-electron chi connectivity index (χ3n) is 4.14. The van der Waals surface area contributed by atoms with Gasteiger partial charge in [-0.1, -0.05) is 26.0 Å². The van der Waals surface area contributed by atoms with E-state index in [1.165, 1.54) is 6.42 Å². The molecule has 0 radical (unpaired) electrons. The Morgan fingerprint density at radius 2 is 1.95 bits per heavy atom. The van der Waals surface area contributed by atoms with Gasteiger partial charge in [0.25, 0.3) is 0 Å². The van der Waals surface area contributed by atoms with Gasteiger partial charge in [-0.15, -0.1) is 0 Å². The number of amides is 1. The minimum atomic E-state index is 0.165. The second kappa shape index (κ2) is 6.78. The van der Waals surface area contributed by atoms with Gasteiger partial charge in [-0.2, -0.15) is 0 Å². The number of carbonyl (C=O) groups is 1. The molecule has 110 valence electrons. The zero-order chi connectivity index (χ0) is 14.5. The summed E-state index contributed by atoms with van der Waals surface area (Å²) in [5.41, 5.74) is 7.64. The van der Waals surface area contributed by atoms with Crippen LogP contribution in [0.5, 0.6) is 0 Å². The van der Waals surface area contributed by atoms with Crippen molar-refractivity contribution in [3.63, 3.8) is 0 Å². The van der Waals surface area contributed by atoms with Crippen molar-refractivity contribution in [1.29, 1.82) is 0 Å². The smallest absolute Gasteiger partial charge is 0.220 e. The van der Waals surface area contributed by atoms with Gasteiger partial charge in [0, 0.05) is 18.2 Å². The molecular formula is C17H26N2O. The zero-order valence-corrected chi connectivity index (χ0v) is 12.6. The minimum absolute atomic E-state index is 0.165. The number of aryl methyl sites for hydroxylation is 1. The molecule has 3 heteroatoms. The van der Waals surface area contributed by atoms with E-state index in [1.807, 2.05) is 24.3 Å². The van der Waals surface area contributed by atoms with Gasteiger partial charge in [0.2, 0.25) is 5.91 Å². The molecule has 1 fully saturated rings. The van der Waals surface area contributed by atoms with Crippen molar-refractivity contribution in [2.45, 2.75) is 52.0 Å². The van der Waals surface area contributed by atoms with Crippen LogP contribution >= 0.6 is 0 Å². The first-order chi connectivity index (χ1) is 9.52. The maximum atomic E-state index is 12.0. The molecule has 3 nitrogen and oxygen atoms in total. The van der Waals surface area contributed by atoms with Crippen molar-refractivity contribution in [3.8, 4) is 0 Å². The number of hydrogen-bond donors (Lipinski definition) is 2. The van der Waals surface area contributed by atoms with Crippen molar-refractivity contribution < 1.29 is 4.79 Å². The Labute approximate surface area is 121 Å². The van der Waals surface area contributed by atoms with Gasteiger partial charge >= 0.3 is 0 Å². The van der Waals surface area contributed by atoms with Crippen LogP contribution in [0.2, 0.25) is 0 Å². The molecule has 2 unspecified atom stereocenters. The number of nitrogen functional groups attached to an aromatic ring is 1. The molecule has 1 aromatic rings. The predicted molar refractivity (Wildman–Crippen MR) is 83.3 cm³/mol. The van der Waals surface area contributed by atoms with Crippen LogP contribution < -0.4 is 11.1 Å². The topological polar surface area (TPSA) is 55.1 Å². The Morgan fingerprint density at radius 1 is 1.25 bits per heavy atom. The highest BCUT2D eigenvalue weighted by Crippen LogP contribution is 2.28. The average Bonchev–Trinajstić information content (AvgIpc) is 2.35. The van der Waals surface area contributed by atoms with Gasteiger partial charge in [-0.25, -0.2) is 0 Å². The first kappa shape index (κ1) is 14.9. The molecule has 3 N–H and O–H groups in total. The van der Waals surface area contributed by atoms with Gasteiger partial charge in [-0.05, 0) is 55.2 Å². The van der Waals surface area contributed by atoms with Crippen LogP contribution in [0.1, 0.15) is 45.1 Å². The molecule has 1 aliphatic rings. The van der Waals surface area contributed by atoms with E-state index in [-0.39, 0.29) is 5.91 Å². The van der Waals surface area contributed by atoms with Crippen LogP contribution in [0.4, 0.5) is 5.69 Å². The molecule has 20 heavy (non-hydrogen) atoms. The number of nitrogens with two attached hydrogens (primary N) is 1. The summed E-state index contributed by atoms with van der Waals surface area (Å²) in [5, 5.41) is 3.19. The Morgan fingerprint density at radius 3 is 2.60 bits per heavy atom. The van der Waals surface area contributed by atoms with E-state index in [1.54, 1.807) is 0 Å². The van der Waals surface area contributed by atoms with Crippen molar-refractivity contribution in [2.24, 2.45) is 11.8 Å². The summed E-state index contributed by atoms with van der Waals surface area (Å²) in [6, 6.07) is 8.13. The van der Waals surface area contributed by atoms with Crippen LogP contribution in [0.3, 0.4) is 0 Å². The Bertz CT molecular complexity index is 448. The van der Waals surface area contributed by atoms with Gasteiger partial charge in [-0.3, -0.25) is 4.79 Å². The highest BCUT2D eigenvalue weighted by atomic mass is 16.1. The third kappa shape index (κ3) is 4.55. The Hall–Kier alpha value is -1.51. The van der Waals surface area contributed by atoms with E-state index in [0.29, 0.717) is 12.5 Å². The summed E-state index contributed by atoms with van der Waals surface area (Å²) in [5.74, 6) is 1.61. The summed E-state index contributed by atoms with van der Waals surface area (Å²) in [7, 11) is 0. The van der Waals surface area contributed by atoms with Gasteiger partial charge in [0.15, 0.2) is 0 Å². The third-order valence-corrected chi connectivity index (χ3v) is 4.14. The molecule has 1 amide bonds. The molecule has 1 saturated carbocycles. The van der Waals surface area contributed by atoms with Crippen LogP contribution in [0.25, 0.3) is 0 Å². The summed E-state index contributed by atoms with van der Waals surface area (Å²) in [6.07, 6.45) is 4.83. The lowest BCUT2D eigenvalue weighted by atomic mass is 9.80. The van der Waals surface area contributed by atoms with Crippen LogP contribution in [0, 0.1) is 11.8 Å². The van der Waals surface area contributed by atoms with E-state index < -0.39 is 0 Å². The maximum absolute atomic E-state index is 12.0. The molecule has 0 spiro atoms. The second-order valence-corrected chi connectivity index (χ2v) is 6.43. The fraction of sp³-hybridized carbons (Fsp3) is 0.588. The quantitative estimate of drug-likeness (QED) is 0.829. The molecule has 0 bridgehead atoms. The van der Waals surface area contributed by atoms with Crippen molar-refractivity contribution in [3.05, 3.63) is 29.8 Å². The fourth-order valence-electron chi connectivity index (χ4n) is 3.37. The molecule has 2 rings (SSSR count). The van der Waals surface area contributed by atoms with E-state index in [4.69, 9.17) is 5.73 Å². The van der Waals surface area contributed by atoms with Crippen LogP contribution in [-0.4, -0.2) is 11.9 Å². The van der Waals surface area contributed by atoms with Crippen LogP contribution in [-0.2, 0) is 11.2 Å². The second-order valence-electron chi connectivity index (χ2n) is 6.43. The number of carbonyl (C=O) groups excluding carboxylic acids is 1. The highest BCUT2D eigenvalue weighted by Gasteiger charge is 2.24. The fourth-order valence-corrected chi connectivity index (χ4v) is 3.37. The largest absolute Gasteiger partial charge is 0.399 e. The molecule has 0 heterocycles. The van der Waals surface area contributed by atoms with E-state index in [9.17, 15) is 4.79 Å². The first-order valence-corrected chi connectivity index (χ1v) is 7.66. The number of hydrogen-bond acceptors (Lipinski definition) is 2. The molecule has 0 aromatic heterocycles. The maximum Gasteiger partial charge on any atom is 0.220 e. The number of nitrogens with one attached hydrogen (secondary N) is 1. The molecule has 1 aromatic carbocycles. The van der Waals surface area contributed by atoms with E-state index >= 15 is 0 Å². The van der Waals surface area contributed by atoms with Crippen LogP contribution in [0.15, 0.2) is 24.3 Å². The summed E-state index contributed by atoms with van der Waals surface area (Å²) in [4.78, 5) is 12.0. The van der Waals surface area contributed by atoms with Gasteiger partial charge in [0.05, 0.1) is 0 Å². The lowest BCUT2D eigenvalue weighted by Crippen LogP contribution is -2.40. The van der Waals surface area contributed by atoms with E-state index in [0.717, 1.165) is 42.3 Å². The lowest BCUT2D eigenvalue weighted by molar-refractivity contribution is -0.122. The summed E-state index contributed by atoms with van der Waals surface area (Å²) >= 11 is 0. The molecule has 1 aliphatic carbocycles. The number of rotatable bonds is 4. The van der Waals surface area contributed by atoms with Gasteiger partial charge < -0.3 is 11.1 Å². The first-order valence-electron chi connectivity index (χ1n) is 7.66. The zero-order valence-electron chi connectivity index (χ0n) is 12.6. The monoisotopic (exact) mass is 274 g/mol. The molecular weight excluding hydrogens is 248 g/mol. The molecule has 0 saturated heterocycles. The lowest BCUT2D eigenvalue weighted by Gasteiger charge is -2.32. The highest BCUT2D eigenvalue weighted by molar-refractivity contribution is 5.76. The standard InChI is InChI=1S/C17H26N2O/c1-12-8-13(2)10-16(9-12)19-17(20)7-6-14-4-3-5-15(18)11-14/h3-5,11-13,16H,6-10,18H2,1-2H3,(H,19,20). The number of benzene rings is 1. The molecule has 0 aliphatic heterocycles.